The van der Waals surface area contributed by atoms with Gasteiger partial charge in [-0.05, 0) is 0 Å². The van der Waals surface area contributed by atoms with Crippen molar-refractivity contribution in [1.82, 2.24) is 25.3 Å². The molecule has 2 aromatic rings. The largest absolute Gasteiger partial charge is 0.396 e. The minimum atomic E-state index is -0.286. The van der Waals surface area contributed by atoms with Gasteiger partial charge >= 0.3 is 0 Å². The van der Waals surface area contributed by atoms with Crippen LogP contribution in [0.1, 0.15) is 41.8 Å². The lowest BCUT2D eigenvalue weighted by molar-refractivity contribution is 0.0949. The Balaban J connectivity index is 1.99. The van der Waals surface area contributed by atoms with Crippen LogP contribution in [0.3, 0.4) is 0 Å². The van der Waals surface area contributed by atoms with Gasteiger partial charge in [-0.25, -0.2) is 15.0 Å². The average Bonchev–Trinajstić information content (AvgIpc) is 2.92. The number of nitrogens with two attached hydrogens (primary N) is 1. The van der Waals surface area contributed by atoms with E-state index < -0.39 is 0 Å². The summed E-state index contributed by atoms with van der Waals surface area (Å²) < 4.78 is 0. The van der Waals surface area contributed by atoms with Crippen molar-refractivity contribution >= 4 is 11.6 Å². The maximum absolute atomic E-state index is 12.1. The van der Waals surface area contributed by atoms with Crippen molar-refractivity contribution in [2.75, 3.05) is 12.3 Å². The zero-order chi connectivity index (χ0) is 14.5. The molecule has 0 radical (unpaired) electrons. The molecule has 0 aliphatic carbocycles. The summed E-state index contributed by atoms with van der Waals surface area (Å²) in [5.41, 5.74) is 7.23. The maximum atomic E-state index is 12.1. The Kier molecular flexibility index (Phi) is 4.29. The predicted molar refractivity (Wildman–Crippen MR) is 75.2 cm³/mol. The van der Waals surface area contributed by atoms with E-state index in [1.165, 1.54) is 6.20 Å². The lowest BCUT2D eigenvalue weighted by Crippen LogP contribution is -2.28. The van der Waals surface area contributed by atoms with Crippen LogP contribution in [-0.2, 0) is 6.42 Å². The first-order valence-corrected chi connectivity index (χ1v) is 6.45. The third-order valence-corrected chi connectivity index (χ3v) is 2.80. The lowest BCUT2D eigenvalue weighted by Gasteiger charge is -2.09. The van der Waals surface area contributed by atoms with Crippen LogP contribution in [0, 0.1) is 0 Å². The fourth-order valence-electron chi connectivity index (χ4n) is 1.68. The average molecular weight is 274 g/mol. The second kappa shape index (κ2) is 6.14. The minimum absolute atomic E-state index is 0.146. The van der Waals surface area contributed by atoms with E-state index >= 15 is 0 Å². The Hall–Kier alpha value is -2.44. The number of hydrogen-bond acceptors (Lipinski definition) is 5. The highest BCUT2D eigenvalue weighted by molar-refractivity contribution is 5.96. The molecule has 4 N–H and O–H groups in total. The smallest absolute Gasteiger partial charge is 0.272 e. The topological polar surface area (TPSA) is 110 Å². The van der Waals surface area contributed by atoms with Gasteiger partial charge in [0.25, 0.3) is 5.91 Å². The maximum Gasteiger partial charge on any atom is 0.272 e. The Bertz CT molecular complexity index is 579. The predicted octanol–water partition coefficient (Wildman–Crippen LogP) is 0.878. The molecule has 0 fully saturated rings. The molecule has 2 rings (SSSR count). The number of aromatic nitrogens is 4. The molecular weight excluding hydrogens is 256 g/mol. The highest BCUT2D eigenvalue weighted by Gasteiger charge is 2.14. The standard InChI is InChI=1S/C13H18N6O/c1-8(2)12-17-6-10(14)11(19-12)13(20)16-4-3-9-5-15-7-18-9/h5-8H,3-4,14H2,1-2H3,(H,15,18)(H,16,20). The van der Waals surface area contributed by atoms with Crippen LogP contribution in [0.15, 0.2) is 18.7 Å². The summed E-state index contributed by atoms with van der Waals surface area (Å²) in [5.74, 6) is 0.469. The van der Waals surface area contributed by atoms with Gasteiger partial charge in [-0.2, -0.15) is 0 Å². The van der Waals surface area contributed by atoms with E-state index in [2.05, 4.69) is 25.3 Å². The van der Waals surface area contributed by atoms with Gasteiger partial charge in [-0.1, -0.05) is 13.8 Å². The molecule has 2 heterocycles. The second-order valence-electron chi connectivity index (χ2n) is 4.77. The van der Waals surface area contributed by atoms with Crippen molar-refractivity contribution in [3.8, 4) is 0 Å². The molecule has 106 valence electrons. The Morgan fingerprint density at radius 2 is 2.25 bits per heavy atom. The first-order chi connectivity index (χ1) is 9.58. The van der Waals surface area contributed by atoms with Crippen LogP contribution >= 0.6 is 0 Å². The molecule has 7 heteroatoms. The van der Waals surface area contributed by atoms with Crippen molar-refractivity contribution in [3.63, 3.8) is 0 Å². The third-order valence-electron chi connectivity index (χ3n) is 2.80. The van der Waals surface area contributed by atoms with Gasteiger partial charge in [-0.3, -0.25) is 4.79 Å². The van der Waals surface area contributed by atoms with Crippen molar-refractivity contribution in [2.45, 2.75) is 26.2 Å². The summed E-state index contributed by atoms with van der Waals surface area (Å²) in [7, 11) is 0. The van der Waals surface area contributed by atoms with Gasteiger partial charge in [0.05, 0.1) is 18.2 Å². The zero-order valence-corrected chi connectivity index (χ0v) is 11.6. The Morgan fingerprint density at radius 1 is 1.45 bits per heavy atom. The van der Waals surface area contributed by atoms with E-state index in [-0.39, 0.29) is 23.2 Å². The summed E-state index contributed by atoms with van der Waals surface area (Å²) in [4.78, 5) is 27.3. The molecule has 2 aromatic heterocycles. The summed E-state index contributed by atoms with van der Waals surface area (Å²) in [6.07, 6.45) is 5.48. The van der Waals surface area contributed by atoms with Crippen molar-refractivity contribution in [3.05, 3.63) is 35.9 Å². The number of rotatable bonds is 5. The van der Waals surface area contributed by atoms with Crippen molar-refractivity contribution in [1.29, 1.82) is 0 Å². The van der Waals surface area contributed by atoms with Gasteiger partial charge in [-0.15, -0.1) is 0 Å². The first kappa shape index (κ1) is 14.0. The number of nitrogens with one attached hydrogen (secondary N) is 2. The van der Waals surface area contributed by atoms with E-state index in [4.69, 9.17) is 5.73 Å². The highest BCUT2D eigenvalue weighted by atomic mass is 16.1. The third kappa shape index (κ3) is 3.31. The van der Waals surface area contributed by atoms with Crippen LogP contribution in [0.25, 0.3) is 0 Å². The number of anilines is 1. The molecule has 0 saturated carbocycles. The number of nitrogen functional groups attached to an aromatic ring is 1. The number of aromatic amines is 1. The number of carbonyl (C=O) groups is 1. The summed E-state index contributed by atoms with van der Waals surface area (Å²) in [5, 5.41) is 2.79. The fourth-order valence-corrected chi connectivity index (χ4v) is 1.68. The van der Waals surface area contributed by atoms with E-state index in [0.29, 0.717) is 18.8 Å². The molecule has 20 heavy (non-hydrogen) atoms. The minimum Gasteiger partial charge on any atom is -0.396 e. The van der Waals surface area contributed by atoms with E-state index in [1.54, 1.807) is 12.5 Å². The molecule has 0 atom stereocenters. The van der Waals surface area contributed by atoms with Crippen LogP contribution in [-0.4, -0.2) is 32.4 Å². The van der Waals surface area contributed by atoms with Gasteiger partial charge < -0.3 is 16.0 Å². The van der Waals surface area contributed by atoms with Crippen molar-refractivity contribution in [2.24, 2.45) is 0 Å². The molecule has 0 aliphatic heterocycles. The summed E-state index contributed by atoms with van der Waals surface area (Å²) in [6.45, 7) is 4.42. The molecule has 0 aromatic carbocycles. The van der Waals surface area contributed by atoms with Gasteiger partial charge in [0.2, 0.25) is 0 Å². The van der Waals surface area contributed by atoms with Crippen LogP contribution in [0.5, 0.6) is 0 Å². The number of imidazole rings is 1. The number of amides is 1. The van der Waals surface area contributed by atoms with Gasteiger partial charge in [0, 0.05) is 30.8 Å². The normalized spacial score (nSPS) is 10.8. The van der Waals surface area contributed by atoms with E-state index in [0.717, 1.165) is 5.69 Å². The number of carbonyl (C=O) groups excluding carboxylic acids is 1. The quantitative estimate of drug-likeness (QED) is 0.749. The molecular formula is C13H18N6O. The fraction of sp³-hybridized carbons (Fsp3) is 0.385. The molecule has 1 amide bonds. The monoisotopic (exact) mass is 274 g/mol. The number of hydrogen-bond donors (Lipinski definition) is 3. The van der Waals surface area contributed by atoms with Crippen LogP contribution < -0.4 is 11.1 Å². The molecule has 0 aliphatic rings. The molecule has 0 unspecified atom stereocenters. The SMILES string of the molecule is CC(C)c1ncc(N)c(C(=O)NCCc2cnc[nH]2)n1. The van der Waals surface area contributed by atoms with E-state index in [9.17, 15) is 4.79 Å². The number of nitrogens with zero attached hydrogens (tertiary/aromatic N) is 3. The van der Waals surface area contributed by atoms with Gasteiger partial charge in [0.1, 0.15) is 5.82 Å². The van der Waals surface area contributed by atoms with E-state index in [1.807, 2.05) is 13.8 Å². The van der Waals surface area contributed by atoms with Crippen molar-refractivity contribution < 1.29 is 4.79 Å². The second-order valence-corrected chi connectivity index (χ2v) is 4.77. The van der Waals surface area contributed by atoms with Crippen LogP contribution in [0.4, 0.5) is 5.69 Å². The molecule has 7 nitrogen and oxygen atoms in total. The zero-order valence-electron chi connectivity index (χ0n) is 11.6. The molecule has 0 saturated heterocycles. The Labute approximate surface area is 117 Å². The number of H-pyrrole nitrogens is 1. The molecule has 0 bridgehead atoms. The van der Waals surface area contributed by atoms with Gasteiger partial charge in [0.15, 0.2) is 5.69 Å². The summed E-state index contributed by atoms with van der Waals surface area (Å²) in [6, 6.07) is 0. The highest BCUT2D eigenvalue weighted by Crippen LogP contribution is 2.13. The first-order valence-electron chi connectivity index (χ1n) is 6.45. The summed E-state index contributed by atoms with van der Waals surface area (Å²) >= 11 is 0. The lowest BCUT2D eigenvalue weighted by atomic mass is 10.2. The molecule has 0 spiro atoms. The Morgan fingerprint density at radius 3 is 2.90 bits per heavy atom. The van der Waals surface area contributed by atoms with Crippen LogP contribution in [0.2, 0.25) is 0 Å².